The minimum absolute atomic E-state index is 0.212. The highest BCUT2D eigenvalue weighted by atomic mass is 35.5. The maximum Gasteiger partial charge on any atom is 0.276 e. The molecule has 0 aromatic rings. The first-order chi connectivity index (χ1) is 9.65. The molecule has 116 valence electrons. The van der Waals surface area contributed by atoms with E-state index in [0.717, 1.165) is 6.26 Å². The molecule has 1 atom stereocenters. The maximum atomic E-state index is 11.5. The van der Waals surface area contributed by atoms with Crippen molar-refractivity contribution in [1.82, 2.24) is 10.0 Å². The fourth-order valence-electron chi connectivity index (χ4n) is 1.99. The van der Waals surface area contributed by atoms with Crippen LogP contribution in [0.15, 0.2) is 40.3 Å². The van der Waals surface area contributed by atoms with Gasteiger partial charge in [0.15, 0.2) is 0 Å². The lowest BCUT2D eigenvalue weighted by Crippen LogP contribution is -2.39. The molecule has 2 N–H and O–H groups in total. The molecule has 7 nitrogen and oxygen atoms in total. The van der Waals surface area contributed by atoms with Crippen LogP contribution in [0.25, 0.3) is 0 Å². The van der Waals surface area contributed by atoms with Crippen LogP contribution < -0.4 is 10.0 Å². The van der Waals surface area contributed by atoms with E-state index in [-0.39, 0.29) is 11.6 Å². The summed E-state index contributed by atoms with van der Waals surface area (Å²) in [5.74, 6) is 0.532. The second kappa shape index (κ2) is 5.27. The molecule has 0 amide bonds. The van der Waals surface area contributed by atoms with Crippen LogP contribution in [-0.2, 0) is 19.5 Å². The molecule has 1 aliphatic heterocycles. The smallest absolute Gasteiger partial charge is 0.276 e. The van der Waals surface area contributed by atoms with Gasteiger partial charge in [-0.15, -0.1) is 11.6 Å². The van der Waals surface area contributed by atoms with Crippen LogP contribution in [0, 0.1) is 0 Å². The van der Waals surface area contributed by atoms with Crippen molar-refractivity contribution < 1.29 is 17.9 Å². The fourth-order valence-corrected chi connectivity index (χ4v) is 2.76. The van der Waals surface area contributed by atoms with Crippen LogP contribution in [0.3, 0.4) is 0 Å². The Morgan fingerprint density at radius 2 is 2.00 bits per heavy atom. The largest absolute Gasteiger partial charge is 0.478 e. The van der Waals surface area contributed by atoms with E-state index in [1.54, 1.807) is 19.1 Å². The molecular weight excluding hydrogens is 318 g/mol. The number of allylic oxidation sites excluding steroid dienone is 2. The summed E-state index contributed by atoms with van der Waals surface area (Å²) in [6, 6.07) is 0. The van der Waals surface area contributed by atoms with Gasteiger partial charge in [0.2, 0.25) is 10.0 Å². The zero-order valence-electron chi connectivity index (χ0n) is 12.0. The Balaban J connectivity index is 2.53. The number of aliphatic imine (C=N–C) groups is 1. The third kappa shape index (κ3) is 3.51. The van der Waals surface area contributed by atoms with E-state index in [1.807, 2.05) is 0 Å². The number of methoxy groups -OCH3 is 2. The van der Waals surface area contributed by atoms with Gasteiger partial charge >= 0.3 is 0 Å². The molecule has 21 heavy (non-hydrogen) atoms. The van der Waals surface area contributed by atoms with Gasteiger partial charge in [-0.3, -0.25) is 4.72 Å². The van der Waals surface area contributed by atoms with Gasteiger partial charge in [-0.2, -0.15) is 0 Å². The van der Waals surface area contributed by atoms with Crippen molar-refractivity contribution in [3.63, 3.8) is 0 Å². The van der Waals surface area contributed by atoms with Crippen molar-refractivity contribution in [3.05, 3.63) is 35.3 Å². The van der Waals surface area contributed by atoms with Gasteiger partial charge in [-0.05, 0) is 19.1 Å². The summed E-state index contributed by atoms with van der Waals surface area (Å²) in [6.45, 7) is 1.73. The third-order valence-electron chi connectivity index (χ3n) is 2.71. The lowest BCUT2D eigenvalue weighted by atomic mass is 9.97. The zero-order chi connectivity index (χ0) is 15.8. The first-order valence-corrected chi connectivity index (χ1v) is 8.23. The molecule has 0 fully saturated rings. The highest BCUT2D eigenvalue weighted by Crippen LogP contribution is 2.30. The average molecular weight is 334 g/mol. The summed E-state index contributed by atoms with van der Waals surface area (Å²) in [5, 5.41) is 2.98. The molecule has 0 radical (unpaired) electrons. The van der Waals surface area contributed by atoms with E-state index in [4.69, 9.17) is 21.1 Å². The number of rotatable bonds is 4. The summed E-state index contributed by atoms with van der Waals surface area (Å²) in [5.41, 5.74) is 1.21. The number of hydrogen-bond donors (Lipinski definition) is 2. The minimum atomic E-state index is -3.47. The molecule has 2 aliphatic rings. The van der Waals surface area contributed by atoms with Crippen molar-refractivity contribution in [3.8, 4) is 0 Å². The number of sulfonamides is 1. The molecule has 2 rings (SSSR count). The first-order valence-electron chi connectivity index (χ1n) is 5.96. The standard InChI is InChI=1S/C12H16ClN3O4S/c1-12(13)5-7-9(8(6-12)16-21(4,17)18)15-11(20-3)10(14-7)19-2/h5-6,14,16H,1-4H3. The molecule has 0 bridgehead atoms. The number of ether oxygens (including phenoxy) is 2. The van der Waals surface area contributed by atoms with Crippen LogP contribution in [0.1, 0.15) is 6.92 Å². The molecule has 0 saturated heterocycles. The highest BCUT2D eigenvalue weighted by Gasteiger charge is 2.32. The van der Waals surface area contributed by atoms with Gasteiger partial charge in [0, 0.05) is 0 Å². The molecule has 0 saturated carbocycles. The fraction of sp³-hybridized carbons (Fsp3) is 0.417. The Labute approximate surface area is 128 Å². The molecule has 9 heteroatoms. The van der Waals surface area contributed by atoms with Gasteiger partial charge in [0.05, 0.1) is 36.7 Å². The van der Waals surface area contributed by atoms with Gasteiger partial charge in [0.1, 0.15) is 5.71 Å². The Kier molecular flexibility index (Phi) is 3.94. The topological polar surface area (TPSA) is 89.0 Å². The zero-order valence-corrected chi connectivity index (χ0v) is 13.6. The highest BCUT2D eigenvalue weighted by molar-refractivity contribution is 7.88. The van der Waals surface area contributed by atoms with E-state index in [1.165, 1.54) is 14.2 Å². The van der Waals surface area contributed by atoms with Crippen molar-refractivity contribution in [2.75, 3.05) is 20.5 Å². The molecule has 0 spiro atoms. The second-order valence-electron chi connectivity index (χ2n) is 4.77. The quantitative estimate of drug-likeness (QED) is 0.742. The predicted octanol–water partition coefficient (Wildman–Crippen LogP) is 0.778. The Morgan fingerprint density at radius 1 is 1.33 bits per heavy atom. The number of nitrogens with zero attached hydrogens (tertiary/aromatic N) is 1. The lowest BCUT2D eigenvalue weighted by molar-refractivity contribution is 0.203. The van der Waals surface area contributed by atoms with E-state index < -0.39 is 14.9 Å². The number of fused-ring (bicyclic) bond motifs is 1. The predicted molar refractivity (Wildman–Crippen MR) is 80.0 cm³/mol. The Bertz CT molecular complexity index is 689. The number of alkyl halides is 1. The first kappa shape index (κ1) is 15.7. The van der Waals surface area contributed by atoms with Crippen LogP contribution in [0.5, 0.6) is 0 Å². The summed E-state index contributed by atoms with van der Waals surface area (Å²) < 4.78 is 35.7. The molecule has 1 aliphatic carbocycles. The van der Waals surface area contributed by atoms with Gasteiger partial charge < -0.3 is 14.8 Å². The van der Waals surface area contributed by atoms with Crippen molar-refractivity contribution >= 4 is 27.3 Å². The van der Waals surface area contributed by atoms with Crippen molar-refractivity contribution in [2.45, 2.75) is 11.8 Å². The monoisotopic (exact) mass is 333 g/mol. The third-order valence-corrected chi connectivity index (χ3v) is 3.52. The number of hydrogen-bond acceptors (Lipinski definition) is 6. The summed E-state index contributed by atoms with van der Waals surface area (Å²) in [4.78, 5) is 3.41. The van der Waals surface area contributed by atoms with Gasteiger partial charge in [-0.25, -0.2) is 13.4 Å². The molecule has 1 unspecified atom stereocenters. The summed E-state index contributed by atoms with van der Waals surface area (Å²) in [6.07, 6.45) is 4.35. The summed E-state index contributed by atoms with van der Waals surface area (Å²) in [7, 11) is -0.559. The Hall–Kier alpha value is -1.67. The van der Waals surface area contributed by atoms with E-state index in [2.05, 4.69) is 15.0 Å². The molecule has 0 aromatic carbocycles. The van der Waals surface area contributed by atoms with Gasteiger partial charge in [0.25, 0.3) is 11.8 Å². The van der Waals surface area contributed by atoms with Crippen molar-refractivity contribution in [1.29, 1.82) is 0 Å². The van der Waals surface area contributed by atoms with Crippen LogP contribution in [0.2, 0.25) is 0 Å². The normalized spacial score (nSPS) is 25.1. The Morgan fingerprint density at radius 3 is 2.52 bits per heavy atom. The van der Waals surface area contributed by atoms with Gasteiger partial charge in [-0.1, -0.05) is 0 Å². The molecule has 0 aromatic heterocycles. The van der Waals surface area contributed by atoms with E-state index >= 15 is 0 Å². The van der Waals surface area contributed by atoms with Crippen LogP contribution in [0.4, 0.5) is 0 Å². The van der Waals surface area contributed by atoms with E-state index in [9.17, 15) is 8.42 Å². The lowest BCUT2D eigenvalue weighted by Gasteiger charge is -2.29. The van der Waals surface area contributed by atoms with Crippen molar-refractivity contribution in [2.24, 2.45) is 4.99 Å². The average Bonchev–Trinajstić information content (AvgIpc) is 2.34. The SMILES string of the molecule is COC1=C(OC)NC2=CC(C)(Cl)C=C(NS(C)(=O)=O)C2=N1. The van der Waals surface area contributed by atoms with Crippen LogP contribution in [-0.4, -0.2) is 39.5 Å². The molecular formula is C12H16ClN3O4S. The number of halogens is 1. The number of nitrogens with one attached hydrogen (secondary N) is 2. The second-order valence-corrected chi connectivity index (χ2v) is 7.33. The van der Waals surface area contributed by atoms with E-state index in [0.29, 0.717) is 17.3 Å². The molecule has 1 heterocycles. The summed E-state index contributed by atoms with van der Waals surface area (Å²) >= 11 is 6.31. The minimum Gasteiger partial charge on any atom is -0.478 e. The van der Waals surface area contributed by atoms with Crippen LogP contribution >= 0.6 is 11.6 Å². The maximum absolute atomic E-state index is 11.5.